The average molecular weight is 406 g/mol. The minimum absolute atomic E-state index is 0.238. The lowest BCUT2D eigenvalue weighted by molar-refractivity contribution is -0.110. The summed E-state index contributed by atoms with van der Waals surface area (Å²) in [5.74, 6) is -0.392. The van der Waals surface area contributed by atoms with E-state index in [0.29, 0.717) is 15.6 Å². The van der Waals surface area contributed by atoms with Gasteiger partial charge < -0.3 is 0 Å². The van der Waals surface area contributed by atoms with Gasteiger partial charge in [0, 0.05) is 18.7 Å². The maximum absolute atomic E-state index is 12.8. The predicted octanol–water partition coefficient (Wildman–Crippen LogP) is 1.91. The molecule has 1 amide bonds. The Hall–Kier alpha value is -2.33. The van der Waals surface area contributed by atoms with Crippen molar-refractivity contribution in [1.82, 2.24) is 15.2 Å². The number of hydrazone groups is 1. The molecule has 1 aromatic heterocycles. The van der Waals surface area contributed by atoms with Gasteiger partial charge in [-0.3, -0.25) is 15.1 Å². The van der Waals surface area contributed by atoms with Crippen LogP contribution in [0.4, 0.5) is 5.13 Å². The molecule has 1 aromatic carbocycles. The van der Waals surface area contributed by atoms with E-state index in [-0.39, 0.29) is 11.0 Å². The lowest BCUT2D eigenvalue weighted by Gasteiger charge is -2.14. The fraction of sp³-hybridized carbons (Fsp3) is 0.412. The van der Waals surface area contributed by atoms with E-state index in [1.807, 2.05) is 5.01 Å². The van der Waals surface area contributed by atoms with Gasteiger partial charge in [0.25, 0.3) is 5.91 Å². The van der Waals surface area contributed by atoms with Crippen molar-refractivity contribution in [2.45, 2.75) is 35.8 Å². The number of aromatic nitrogens is 2. The van der Waals surface area contributed by atoms with Gasteiger partial charge in [0.1, 0.15) is 5.51 Å². The van der Waals surface area contributed by atoms with Gasteiger partial charge in [-0.2, -0.15) is 5.10 Å². The lowest BCUT2D eigenvalue weighted by Crippen LogP contribution is -2.27. The number of nitrogens with one attached hydrogen (secondary N) is 1. The van der Waals surface area contributed by atoms with Crippen LogP contribution in [-0.2, 0) is 14.6 Å². The van der Waals surface area contributed by atoms with E-state index in [0.717, 1.165) is 38.8 Å². The van der Waals surface area contributed by atoms with E-state index in [9.17, 15) is 13.2 Å². The first-order chi connectivity index (χ1) is 13.0. The highest BCUT2D eigenvalue weighted by Crippen LogP contribution is 2.33. The number of hydrogen-bond donors (Lipinski definition) is 1. The van der Waals surface area contributed by atoms with Crippen molar-refractivity contribution in [3.63, 3.8) is 0 Å². The summed E-state index contributed by atoms with van der Waals surface area (Å²) in [6, 6.07) is 6.40. The van der Waals surface area contributed by atoms with Crippen LogP contribution in [0.5, 0.6) is 0 Å². The fourth-order valence-electron chi connectivity index (χ4n) is 2.93. The minimum Gasteiger partial charge on any atom is -0.296 e. The highest BCUT2D eigenvalue weighted by atomic mass is 32.2. The lowest BCUT2D eigenvalue weighted by atomic mass is 10.1. The maximum atomic E-state index is 12.8. The second kappa shape index (κ2) is 7.35. The summed E-state index contributed by atoms with van der Waals surface area (Å²) >= 11 is 1.22. The van der Waals surface area contributed by atoms with Crippen LogP contribution in [0, 0.1) is 0 Å². The number of nitrogens with zero attached hydrogens (tertiary/aromatic N) is 4. The van der Waals surface area contributed by atoms with Crippen molar-refractivity contribution in [2.24, 2.45) is 5.10 Å². The molecule has 1 saturated heterocycles. The molecule has 0 spiro atoms. The molecular weight excluding hydrogens is 386 g/mol. The molecule has 10 heteroatoms. The summed E-state index contributed by atoms with van der Waals surface area (Å²) < 4.78 is 24.7. The summed E-state index contributed by atoms with van der Waals surface area (Å²) in [4.78, 5) is 13.0. The quantitative estimate of drug-likeness (QED) is 0.736. The summed E-state index contributed by atoms with van der Waals surface area (Å²) in [5, 5.41) is 16.7. The molecule has 4 rings (SSSR count). The molecule has 2 aromatic rings. The summed E-state index contributed by atoms with van der Waals surface area (Å²) in [6.07, 6.45) is 3.51. The van der Waals surface area contributed by atoms with Gasteiger partial charge in [-0.1, -0.05) is 23.5 Å². The number of carbonyl (C=O) groups is 1. The molecule has 8 nitrogen and oxygen atoms in total. The average Bonchev–Trinajstić information content (AvgIpc) is 3.18. The zero-order valence-electron chi connectivity index (χ0n) is 14.5. The molecule has 142 valence electrons. The largest absolute Gasteiger partial charge is 0.296 e. The zero-order valence-corrected chi connectivity index (χ0v) is 16.2. The van der Waals surface area contributed by atoms with Gasteiger partial charge >= 0.3 is 0 Å². The van der Waals surface area contributed by atoms with Crippen LogP contribution >= 0.6 is 11.3 Å². The van der Waals surface area contributed by atoms with Gasteiger partial charge in [0.15, 0.2) is 15.5 Å². The van der Waals surface area contributed by atoms with Crippen molar-refractivity contribution in [3.8, 4) is 0 Å². The van der Waals surface area contributed by atoms with E-state index < -0.39 is 15.7 Å². The summed E-state index contributed by atoms with van der Waals surface area (Å²) in [6.45, 7) is 1.59. The van der Waals surface area contributed by atoms with Crippen molar-refractivity contribution >= 4 is 37.9 Å². The van der Waals surface area contributed by atoms with E-state index >= 15 is 0 Å². The maximum Gasteiger partial charge on any atom is 0.278 e. The van der Waals surface area contributed by atoms with Gasteiger partial charge in [-0.25, -0.2) is 8.42 Å². The molecular formula is C17H19N5O3S2. The number of anilines is 1. The van der Waals surface area contributed by atoms with Gasteiger partial charge in [-0.15, -0.1) is 10.2 Å². The van der Waals surface area contributed by atoms with E-state index in [4.69, 9.17) is 0 Å². The molecule has 0 bridgehead atoms. The number of benzene rings is 1. The predicted molar refractivity (Wildman–Crippen MR) is 103 cm³/mol. The summed E-state index contributed by atoms with van der Waals surface area (Å²) in [5.41, 5.74) is 2.34. The molecule has 1 N–H and O–H groups in total. The highest BCUT2D eigenvalue weighted by molar-refractivity contribution is 7.92. The van der Waals surface area contributed by atoms with Crippen LogP contribution < -0.4 is 5.32 Å². The van der Waals surface area contributed by atoms with Crippen molar-refractivity contribution in [2.75, 3.05) is 18.4 Å². The molecule has 2 fully saturated rings. The Balaban J connectivity index is 1.62. The monoisotopic (exact) mass is 405 g/mol. The number of carbonyl (C=O) groups excluding carboxylic acids is 1. The third kappa shape index (κ3) is 4.01. The first-order valence-corrected chi connectivity index (χ1v) is 11.2. The third-order valence-corrected chi connectivity index (χ3v) is 7.42. The van der Waals surface area contributed by atoms with Gasteiger partial charge in [-0.05, 0) is 37.8 Å². The molecule has 2 aliphatic rings. The first kappa shape index (κ1) is 18.1. The van der Waals surface area contributed by atoms with Crippen molar-refractivity contribution in [3.05, 3.63) is 35.3 Å². The molecule has 0 unspecified atom stereocenters. The zero-order chi connectivity index (χ0) is 18.9. The Morgan fingerprint density at radius 1 is 1.19 bits per heavy atom. The van der Waals surface area contributed by atoms with Crippen LogP contribution in [-0.4, -0.2) is 53.6 Å². The molecule has 1 aliphatic carbocycles. The fourth-order valence-corrected chi connectivity index (χ4v) is 5.03. The Morgan fingerprint density at radius 2 is 1.89 bits per heavy atom. The number of hydrogen-bond acceptors (Lipinski definition) is 8. The normalized spacial score (nSPS) is 17.9. The molecule has 27 heavy (non-hydrogen) atoms. The van der Waals surface area contributed by atoms with E-state index in [2.05, 4.69) is 20.6 Å². The standard InChI is InChI=1S/C17H19N5O3S2/c23-16(19-17-20-18-11-26-17)15(21-22-9-1-2-10-22)12-3-5-13(6-4-12)27(24,25)14-7-8-14/h3-6,11,14H,1-2,7-10H2,(H,19,20,23)/b21-15+. The Labute approximate surface area is 161 Å². The third-order valence-electron chi connectivity index (χ3n) is 4.54. The second-order valence-electron chi connectivity index (χ2n) is 6.58. The smallest absolute Gasteiger partial charge is 0.278 e. The van der Waals surface area contributed by atoms with E-state index in [1.54, 1.807) is 24.3 Å². The van der Waals surface area contributed by atoms with Crippen LogP contribution in [0.15, 0.2) is 39.8 Å². The Morgan fingerprint density at radius 3 is 2.48 bits per heavy atom. The van der Waals surface area contributed by atoms with Crippen LogP contribution in [0.3, 0.4) is 0 Å². The van der Waals surface area contributed by atoms with Crippen molar-refractivity contribution < 1.29 is 13.2 Å². The van der Waals surface area contributed by atoms with Crippen LogP contribution in [0.1, 0.15) is 31.2 Å². The molecule has 0 radical (unpaired) electrons. The Bertz CT molecular complexity index is 945. The molecule has 1 aliphatic heterocycles. The number of amides is 1. The number of sulfone groups is 1. The molecule has 2 heterocycles. The second-order valence-corrected chi connectivity index (χ2v) is 9.64. The summed E-state index contributed by atoms with van der Waals surface area (Å²) in [7, 11) is -3.26. The minimum atomic E-state index is -3.26. The van der Waals surface area contributed by atoms with Crippen molar-refractivity contribution in [1.29, 1.82) is 0 Å². The SMILES string of the molecule is O=C(Nc1nncs1)/C(=N/N1CCCC1)c1ccc(S(=O)(=O)C2CC2)cc1. The van der Waals surface area contributed by atoms with Gasteiger partial charge in [0.05, 0.1) is 10.1 Å². The highest BCUT2D eigenvalue weighted by Gasteiger charge is 2.36. The van der Waals surface area contributed by atoms with Crippen LogP contribution in [0.25, 0.3) is 0 Å². The molecule has 1 saturated carbocycles. The first-order valence-electron chi connectivity index (χ1n) is 8.79. The topological polar surface area (TPSA) is 105 Å². The van der Waals surface area contributed by atoms with E-state index in [1.165, 1.54) is 16.8 Å². The Kier molecular flexibility index (Phi) is 4.92. The van der Waals surface area contributed by atoms with Crippen LogP contribution in [0.2, 0.25) is 0 Å². The molecule has 0 atom stereocenters. The number of rotatable bonds is 6. The van der Waals surface area contributed by atoms with Gasteiger partial charge in [0.2, 0.25) is 5.13 Å².